The van der Waals surface area contributed by atoms with Gasteiger partial charge in [-0.05, 0) is 31.4 Å². The van der Waals surface area contributed by atoms with Gasteiger partial charge >= 0.3 is 0 Å². The Hall–Kier alpha value is -2.08. The van der Waals surface area contributed by atoms with Crippen LogP contribution in [-0.2, 0) is 11.3 Å². The second-order valence-electron chi connectivity index (χ2n) is 6.71. The molecule has 1 aliphatic rings. The van der Waals surface area contributed by atoms with Crippen LogP contribution in [0.1, 0.15) is 38.2 Å². The Bertz CT molecular complexity index is 561. The van der Waals surface area contributed by atoms with Crippen LogP contribution in [0.25, 0.3) is 0 Å². The number of amides is 1. The molecule has 0 aliphatic carbocycles. The average Bonchev–Trinajstić information content (AvgIpc) is 2.70. The number of guanidine groups is 1. The molecule has 1 saturated heterocycles. The summed E-state index contributed by atoms with van der Waals surface area (Å²) in [7, 11) is 1.73. The number of rotatable bonds is 8. The topological polar surface area (TPSA) is 68.8 Å². The number of piperidine rings is 1. The predicted molar refractivity (Wildman–Crippen MR) is 107 cm³/mol. The third-order valence-corrected chi connectivity index (χ3v) is 4.88. The van der Waals surface area contributed by atoms with Crippen molar-refractivity contribution in [3.63, 3.8) is 0 Å². The summed E-state index contributed by atoms with van der Waals surface area (Å²) in [6.45, 7) is 6.06. The van der Waals surface area contributed by atoms with Gasteiger partial charge in [0.1, 0.15) is 0 Å². The first kappa shape index (κ1) is 20.2. The summed E-state index contributed by atoms with van der Waals surface area (Å²) >= 11 is 0. The molecule has 1 atom stereocenters. The van der Waals surface area contributed by atoms with E-state index >= 15 is 0 Å². The second-order valence-corrected chi connectivity index (χ2v) is 6.71. The lowest BCUT2D eigenvalue weighted by molar-refractivity contribution is -0.120. The van der Waals surface area contributed by atoms with Gasteiger partial charge in [0.15, 0.2) is 5.96 Å². The molecular formula is C20H33N5O. The number of hydrogen-bond acceptors (Lipinski definition) is 3. The van der Waals surface area contributed by atoms with E-state index in [0.29, 0.717) is 18.5 Å². The monoisotopic (exact) mass is 359 g/mol. The van der Waals surface area contributed by atoms with Gasteiger partial charge in [0.25, 0.3) is 0 Å². The number of carbonyl (C=O) groups excluding carboxylic acids is 1. The summed E-state index contributed by atoms with van der Waals surface area (Å²) in [6, 6.07) is 10.6. The molecule has 0 radical (unpaired) electrons. The van der Waals surface area contributed by atoms with E-state index < -0.39 is 0 Å². The first-order valence-corrected chi connectivity index (χ1v) is 9.72. The number of nitrogens with one attached hydrogen (secondary N) is 3. The second kappa shape index (κ2) is 11.5. The minimum absolute atomic E-state index is 0.0427. The largest absolute Gasteiger partial charge is 0.355 e. The van der Waals surface area contributed by atoms with Crippen LogP contribution in [0.5, 0.6) is 0 Å². The maximum absolute atomic E-state index is 12.0. The number of benzene rings is 1. The van der Waals surface area contributed by atoms with Crippen molar-refractivity contribution in [2.75, 3.05) is 33.2 Å². The average molecular weight is 360 g/mol. The van der Waals surface area contributed by atoms with Crippen molar-refractivity contribution in [3.8, 4) is 0 Å². The van der Waals surface area contributed by atoms with Crippen LogP contribution in [0.15, 0.2) is 35.3 Å². The van der Waals surface area contributed by atoms with E-state index in [1.807, 2.05) is 30.3 Å². The van der Waals surface area contributed by atoms with Gasteiger partial charge in [-0.15, -0.1) is 0 Å². The minimum Gasteiger partial charge on any atom is -0.355 e. The third kappa shape index (κ3) is 7.04. The SMILES string of the molecule is CCC1CCCCN1CCNC(=NC)NCC(=O)NCc1ccccc1. The number of carbonyl (C=O) groups is 1. The molecule has 0 bridgehead atoms. The van der Waals surface area contributed by atoms with Gasteiger partial charge in [-0.25, -0.2) is 0 Å². The van der Waals surface area contributed by atoms with Crippen LogP contribution in [0.4, 0.5) is 0 Å². The van der Waals surface area contributed by atoms with Crippen molar-refractivity contribution >= 4 is 11.9 Å². The smallest absolute Gasteiger partial charge is 0.239 e. The van der Waals surface area contributed by atoms with Crippen molar-refractivity contribution in [3.05, 3.63) is 35.9 Å². The van der Waals surface area contributed by atoms with Crippen LogP contribution in [0.2, 0.25) is 0 Å². The van der Waals surface area contributed by atoms with E-state index in [2.05, 4.69) is 32.8 Å². The van der Waals surface area contributed by atoms with E-state index in [1.54, 1.807) is 7.05 Å². The lowest BCUT2D eigenvalue weighted by Gasteiger charge is -2.35. The summed E-state index contributed by atoms with van der Waals surface area (Å²) in [5.74, 6) is 0.629. The van der Waals surface area contributed by atoms with Gasteiger partial charge in [-0.3, -0.25) is 14.7 Å². The molecule has 0 spiro atoms. The maximum Gasteiger partial charge on any atom is 0.239 e. The summed E-state index contributed by atoms with van der Waals surface area (Å²) in [6.07, 6.45) is 5.18. The molecule has 1 heterocycles. The first-order chi connectivity index (χ1) is 12.7. The Morgan fingerprint density at radius 2 is 2.00 bits per heavy atom. The van der Waals surface area contributed by atoms with E-state index in [4.69, 9.17) is 0 Å². The van der Waals surface area contributed by atoms with Crippen molar-refractivity contribution in [2.45, 2.75) is 45.2 Å². The van der Waals surface area contributed by atoms with Crippen molar-refractivity contribution in [1.29, 1.82) is 0 Å². The molecule has 1 amide bonds. The van der Waals surface area contributed by atoms with Crippen LogP contribution < -0.4 is 16.0 Å². The van der Waals surface area contributed by atoms with Crippen LogP contribution in [0, 0.1) is 0 Å². The number of likely N-dealkylation sites (tertiary alicyclic amines) is 1. The van der Waals surface area contributed by atoms with Crippen molar-refractivity contribution in [2.24, 2.45) is 4.99 Å². The fourth-order valence-electron chi connectivity index (χ4n) is 3.38. The molecule has 6 heteroatoms. The molecule has 3 N–H and O–H groups in total. The summed E-state index contributed by atoms with van der Waals surface area (Å²) in [4.78, 5) is 18.7. The zero-order chi connectivity index (χ0) is 18.6. The highest BCUT2D eigenvalue weighted by Gasteiger charge is 2.19. The molecule has 26 heavy (non-hydrogen) atoms. The van der Waals surface area contributed by atoms with Gasteiger partial charge in [0.2, 0.25) is 5.91 Å². The molecular weight excluding hydrogens is 326 g/mol. The van der Waals surface area contributed by atoms with Gasteiger partial charge < -0.3 is 16.0 Å². The minimum atomic E-state index is -0.0427. The Balaban J connectivity index is 1.63. The number of hydrogen-bond donors (Lipinski definition) is 3. The van der Waals surface area contributed by atoms with E-state index in [1.165, 1.54) is 32.2 Å². The molecule has 1 unspecified atom stereocenters. The summed E-state index contributed by atoms with van der Waals surface area (Å²) in [5, 5.41) is 9.29. The lowest BCUT2D eigenvalue weighted by atomic mass is 10.0. The fraction of sp³-hybridized carbons (Fsp3) is 0.600. The molecule has 6 nitrogen and oxygen atoms in total. The van der Waals surface area contributed by atoms with Gasteiger partial charge in [-0.2, -0.15) is 0 Å². The molecule has 1 aromatic rings. The zero-order valence-corrected chi connectivity index (χ0v) is 16.1. The van der Waals surface area contributed by atoms with Crippen LogP contribution >= 0.6 is 0 Å². The van der Waals surface area contributed by atoms with Crippen molar-refractivity contribution in [1.82, 2.24) is 20.9 Å². The Kier molecular flexibility index (Phi) is 8.96. The molecule has 0 saturated carbocycles. The molecule has 144 valence electrons. The Morgan fingerprint density at radius 1 is 1.19 bits per heavy atom. The Labute approximate surface area is 157 Å². The third-order valence-electron chi connectivity index (χ3n) is 4.88. The molecule has 1 fully saturated rings. The van der Waals surface area contributed by atoms with Crippen LogP contribution in [-0.4, -0.2) is 56.0 Å². The summed E-state index contributed by atoms with van der Waals surface area (Å²) < 4.78 is 0. The quantitative estimate of drug-likeness (QED) is 0.488. The zero-order valence-electron chi connectivity index (χ0n) is 16.1. The first-order valence-electron chi connectivity index (χ1n) is 9.72. The van der Waals surface area contributed by atoms with E-state index in [-0.39, 0.29) is 12.5 Å². The standard InChI is InChI=1S/C20H33N5O/c1-3-18-11-7-8-13-25(18)14-12-22-20(21-2)24-16-19(26)23-15-17-9-5-4-6-10-17/h4-6,9-10,18H,3,7-8,11-16H2,1-2H3,(H,23,26)(H2,21,22,24). The molecule has 0 aromatic heterocycles. The summed E-state index contributed by atoms with van der Waals surface area (Å²) in [5.41, 5.74) is 1.09. The van der Waals surface area contributed by atoms with Crippen LogP contribution in [0.3, 0.4) is 0 Å². The fourth-order valence-corrected chi connectivity index (χ4v) is 3.38. The van der Waals surface area contributed by atoms with Gasteiger partial charge in [0, 0.05) is 32.7 Å². The molecule has 2 rings (SSSR count). The Morgan fingerprint density at radius 3 is 2.73 bits per heavy atom. The molecule has 1 aromatic carbocycles. The van der Waals surface area contributed by atoms with E-state index in [0.717, 1.165) is 18.7 Å². The van der Waals surface area contributed by atoms with Gasteiger partial charge in [-0.1, -0.05) is 43.7 Å². The highest BCUT2D eigenvalue weighted by atomic mass is 16.1. The maximum atomic E-state index is 12.0. The number of nitrogens with zero attached hydrogens (tertiary/aromatic N) is 2. The lowest BCUT2D eigenvalue weighted by Crippen LogP contribution is -2.47. The van der Waals surface area contributed by atoms with Gasteiger partial charge in [0.05, 0.1) is 6.54 Å². The predicted octanol–water partition coefficient (Wildman–Crippen LogP) is 1.73. The molecule has 1 aliphatic heterocycles. The number of aliphatic imine (C=N–C) groups is 1. The normalized spacial score (nSPS) is 18.4. The highest BCUT2D eigenvalue weighted by molar-refractivity contribution is 5.86. The van der Waals surface area contributed by atoms with E-state index in [9.17, 15) is 4.79 Å². The van der Waals surface area contributed by atoms with Crippen molar-refractivity contribution < 1.29 is 4.79 Å². The highest BCUT2D eigenvalue weighted by Crippen LogP contribution is 2.18.